The fourth-order valence-corrected chi connectivity index (χ4v) is 0.339. The molecule has 1 atom stereocenters. The summed E-state index contributed by atoms with van der Waals surface area (Å²) in [5.74, 6) is 0. The summed E-state index contributed by atoms with van der Waals surface area (Å²) in [6.07, 6.45) is 2.03. The van der Waals surface area contributed by atoms with Crippen LogP contribution in [0.15, 0.2) is 4.99 Å². The molecular weight excluding hydrogens is 114 g/mol. The molecular formula is C6H15N3. The van der Waals surface area contributed by atoms with Gasteiger partial charge in [0.2, 0.25) is 0 Å². The minimum absolute atomic E-state index is 0.306. The average molecular weight is 129 g/mol. The minimum Gasteiger partial charge on any atom is -0.361 e. The molecule has 0 aliphatic heterocycles. The number of hydrogen-bond donors (Lipinski definition) is 2. The number of aliphatic imine (C=N–C) groups is 1. The van der Waals surface area contributed by atoms with Crippen molar-refractivity contribution in [3.05, 3.63) is 0 Å². The molecule has 0 rings (SSSR count). The van der Waals surface area contributed by atoms with Gasteiger partial charge in [0.05, 0.1) is 12.5 Å². The lowest BCUT2D eigenvalue weighted by atomic mass is 10.6. The van der Waals surface area contributed by atoms with Gasteiger partial charge < -0.3 is 10.6 Å². The van der Waals surface area contributed by atoms with E-state index in [1.54, 1.807) is 6.34 Å². The summed E-state index contributed by atoms with van der Waals surface area (Å²) < 4.78 is 0. The molecule has 0 fully saturated rings. The predicted octanol–water partition coefficient (Wildman–Crippen LogP) is 0.190. The molecule has 0 aromatic carbocycles. The molecule has 0 amide bonds. The fourth-order valence-electron chi connectivity index (χ4n) is 0.339. The first-order valence-corrected chi connectivity index (χ1v) is 3.22. The highest BCUT2D eigenvalue weighted by Gasteiger charge is 1.87. The van der Waals surface area contributed by atoms with Crippen LogP contribution in [-0.2, 0) is 0 Å². The molecule has 0 spiro atoms. The van der Waals surface area contributed by atoms with Gasteiger partial charge in [-0.25, -0.2) is 0 Å². The van der Waals surface area contributed by atoms with Crippen molar-refractivity contribution in [1.82, 2.24) is 10.6 Å². The third-order valence-electron chi connectivity index (χ3n) is 1.03. The van der Waals surface area contributed by atoms with E-state index in [0.717, 1.165) is 6.54 Å². The number of nitrogens with zero attached hydrogens (tertiary/aromatic N) is 1. The molecule has 0 bridgehead atoms. The van der Waals surface area contributed by atoms with Gasteiger partial charge in [-0.2, -0.15) is 0 Å². The second kappa shape index (κ2) is 5.56. The summed E-state index contributed by atoms with van der Waals surface area (Å²) in [6.45, 7) is 4.87. The molecule has 0 heterocycles. The van der Waals surface area contributed by atoms with E-state index in [9.17, 15) is 0 Å². The Morgan fingerprint density at radius 2 is 2.33 bits per heavy atom. The van der Waals surface area contributed by atoms with Crippen molar-refractivity contribution in [3.63, 3.8) is 0 Å². The van der Waals surface area contributed by atoms with E-state index in [1.165, 1.54) is 0 Å². The summed E-state index contributed by atoms with van der Waals surface area (Å²) in [7, 11) is 1.90. The minimum atomic E-state index is 0.306. The van der Waals surface area contributed by atoms with Gasteiger partial charge in [-0.3, -0.25) is 4.99 Å². The maximum atomic E-state index is 3.98. The molecule has 0 aliphatic carbocycles. The van der Waals surface area contributed by atoms with Crippen LogP contribution in [0.4, 0.5) is 0 Å². The Hall–Kier alpha value is -0.570. The highest BCUT2D eigenvalue weighted by atomic mass is 15.1. The summed E-state index contributed by atoms with van der Waals surface area (Å²) in [4.78, 5) is 3.98. The van der Waals surface area contributed by atoms with E-state index in [0.29, 0.717) is 6.17 Å². The van der Waals surface area contributed by atoms with Crippen LogP contribution in [0, 0.1) is 0 Å². The zero-order chi connectivity index (χ0) is 7.11. The van der Waals surface area contributed by atoms with E-state index in [4.69, 9.17) is 0 Å². The van der Waals surface area contributed by atoms with E-state index in [1.807, 2.05) is 20.9 Å². The lowest BCUT2D eigenvalue weighted by Gasteiger charge is -2.07. The average Bonchev–Trinajstić information content (AvgIpc) is 1.89. The standard InChI is InChI=1S/C6H15N3/c1-4-8-5-9-6(2)7-3/h5-7H,4H2,1-3H3,(H,8,9). The first kappa shape index (κ1) is 8.43. The van der Waals surface area contributed by atoms with E-state index in [2.05, 4.69) is 15.6 Å². The van der Waals surface area contributed by atoms with Gasteiger partial charge in [-0.05, 0) is 20.9 Å². The Morgan fingerprint density at radius 1 is 1.67 bits per heavy atom. The fraction of sp³-hybridized carbons (Fsp3) is 0.833. The molecule has 1 unspecified atom stereocenters. The second-order valence-electron chi connectivity index (χ2n) is 1.80. The molecule has 0 radical (unpaired) electrons. The van der Waals surface area contributed by atoms with Crippen molar-refractivity contribution >= 4 is 6.34 Å². The molecule has 2 N–H and O–H groups in total. The van der Waals surface area contributed by atoms with Crippen LogP contribution in [0.3, 0.4) is 0 Å². The molecule has 0 aliphatic rings. The van der Waals surface area contributed by atoms with E-state index < -0.39 is 0 Å². The van der Waals surface area contributed by atoms with Gasteiger partial charge in [0.15, 0.2) is 0 Å². The van der Waals surface area contributed by atoms with Crippen molar-refractivity contribution in [2.24, 2.45) is 4.99 Å². The Labute approximate surface area is 56.6 Å². The third kappa shape index (κ3) is 5.30. The molecule has 0 aromatic heterocycles. The van der Waals surface area contributed by atoms with Gasteiger partial charge in [0.25, 0.3) is 0 Å². The topological polar surface area (TPSA) is 36.4 Å². The van der Waals surface area contributed by atoms with Gasteiger partial charge in [-0.1, -0.05) is 0 Å². The van der Waals surface area contributed by atoms with Crippen LogP contribution in [0.5, 0.6) is 0 Å². The Morgan fingerprint density at radius 3 is 2.78 bits per heavy atom. The monoisotopic (exact) mass is 129 g/mol. The van der Waals surface area contributed by atoms with Gasteiger partial charge in [0, 0.05) is 6.54 Å². The van der Waals surface area contributed by atoms with Crippen LogP contribution < -0.4 is 10.6 Å². The molecule has 3 nitrogen and oxygen atoms in total. The van der Waals surface area contributed by atoms with Crippen molar-refractivity contribution in [3.8, 4) is 0 Å². The van der Waals surface area contributed by atoms with E-state index in [-0.39, 0.29) is 0 Å². The first-order valence-electron chi connectivity index (χ1n) is 3.22. The quantitative estimate of drug-likeness (QED) is 0.323. The van der Waals surface area contributed by atoms with Gasteiger partial charge in [-0.15, -0.1) is 0 Å². The first-order chi connectivity index (χ1) is 4.31. The zero-order valence-electron chi connectivity index (χ0n) is 6.31. The zero-order valence-corrected chi connectivity index (χ0v) is 6.31. The normalized spacial score (nSPS) is 14.1. The number of hydrogen-bond acceptors (Lipinski definition) is 2. The molecule has 0 aromatic rings. The van der Waals surface area contributed by atoms with Crippen molar-refractivity contribution in [2.75, 3.05) is 13.6 Å². The summed E-state index contributed by atoms with van der Waals surface area (Å²) in [5.41, 5.74) is 0. The van der Waals surface area contributed by atoms with Crippen LogP contribution in [0.25, 0.3) is 0 Å². The smallest absolute Gasteiger partial charge is 0.0835 e. The molecule has 0 saturated carbocycles. The number of nitrogens with one attached hydrogen (secondary N) is 2. The van der Waals surface area contributed by atoms with Crippen molar-refractivity contribution < 1.29 is 0 Å². The molecule has 9 heavy (non-hydrogen) atoms. The lowest BCUT2D eigenvalue weighted by molar-refractivity contribution is 0.583. The molecule has 3 heteroatoms. The van der Waals surface area contributed by atoms with Crippen LogP contribution in [0.2, 0.25) is 0 Å². The summed E-state index contributed by atoms with van der Waals surface area (Å²) >= 11 is 0. The summed E-state index contributed by atoms with van der Waals surface area (Å²) in [5, 5.41) is 6.05. The van der Waals surface area contributed by atoms with Gasteiger partial charge in [0.1, 0.15) is 0 Å². The Bertz CT molecular complexity index is 80.4. The molecule has 54 valence electrons. The summed E-state index contributed by atoms with van der Waals surface area (Å²) in [6, 6.07) is 0. The second-order valence-corrected chi connectivity index (χ2v) is 1.80. The Balaban J connectivity index is 3.15. The van der Waals surface area contributed by atoms with Crippen LogP contribution in [0.1, 0.15) is 13.8 Å². The lowest BCUT2D eigenvalue weighted by Crippen LogP contribution is -2.36. The highest BCUT2D eigenvalue weighted by molar-refractivity contribution is 5.54. The van der Waals surface area contributed by atoms with Gasteiger partial charge >= 0.3 is 0 Å². The number of rotatable bonds is 4. The van der Waals surface area contributed by atoms with Crippen molar-refractivity contribution in [2.45, 2.75) is 20.0 Å². The largest absolute Gasteiger partial charge is 0.361 e. The molecule has 0 saturated heterocycles. The van der Waals surface area contributed by atoms with Crippen LogP contribution in [-0.4, -0.2) is 26.1 Å². The van der Waals surface area contributed by atoms with Crippen LogP contribution >= 0.6 is 0 Å². The predicted molar refractivity (Wildman–Crippen MR) is 40.7 cm³/mol. The van der Waals surface area contributed by atoms with Crippen molar-refractivity contribution in [1.29, 1.82) is 0 Å². The maximum absolute atomic E-state index is 3.98. The third-order valence-corrected chi connectivity index (χ3v) is 1.03. The SMILES string of the molecule is CCN=CNC(C)NC. The highest BCUT2D eigenvalue weighted by Crippen LogP contribution is 1.67. The van der Waals surface area contributed by atoms with E-state index >= 15 is 0 Å². The Kier molecular flexibility index (Phi) is 5.21. The maximum Gasteiger partial charge on any atom is 0.0835 e.